The van der Waals surface area contributed by atoms with Gasteiger partial charge in [-0.3, -0.25) is 0 Å². The number of para-hydroxylation sites is 1. The van der Waals surface area contributed by atoms with E-state index in [1.807, 2.05) is 24.3 Å². The summed E-state index contributed by atoms with van der Waals surface area (Å²) in [6.07, 6.45) is 0. The van der Waals surface area contributed by atoms with Gasteiger partial charge in [-0.2, -0.15) is 5.26 Å². The van der Waals surface area contributed by atoms with Gasteiger partial charge in [-0.15, -0.1) is 0 Å². The van der Waals surface area contributed by atoms with E-state index in [4.69, 9.17) is 4.74 Å². The van der Waals surface area contributed by atoms with Gasteiger partial charge in [-0.25, -0.2) is 0 Å². The molecule has 5 rings (SSSR count). The van der Waals surface area contributed by atoms with Crippen molar-refractivity contribution in [1.29, 1.82) is 5.26 Å². The minimum absolute atomic E-state index is 0.165. The quantitative estimate of drug-likeness (QED) is 0.447. The Morgan fingerprint density at radius 2 is 1.67 bits per heavy atom. The normalized spacial score (nSPS) is 14.1. The molecule has 24 heavy (non-hydrogen) atoms. The predicted molar refractivity (Wildman–Crippen MR) is 99.7 cm³/mol. The minimum atomic E-state index is -0.983. The molecule has 0 atom stereocenters. The maximum Gasteiger partial charge on any atom is 0.250 e. The van der Waals surface area contributed by atoms with E-state index >= 15 is 0 Å². The summed E-state index contributed by atoms with van der Waals surface area (Å²) in [6, 6.07) is 23.2. The molecule has 0 saturated heterocycles. The fourth-order valence-electron chi connectivity index (χ4n) is 4.11. The van der Waals surface area contributed by atoms with Crippen LogP contribution in [0.4, 0.5) is 0 Å². The highest BCUT2D eigenvalue weighted by Gasteiger charge is 2.41. The van der Waals surface area contributed by atoms with Gasteiger partial charge in [0, 0.05) is 0 Å². The number of nitrogens with zero attached hydrogens (tertiary/aromatic N) is 1. The molecular formula is C20H13BNOSi. The number of nitriles is 1. The van der Waals surface area contributed by atoms with Crippen molar-refractivity contribution in [3.8, 4) is 17.6 Å². The molecule has 0 spiro atoms. The van der Waals surface area contributed by atoms with Gasteiger partial charge in [-0.1, -0.05) is 59.7 Å². The zero-order valence-electron chi connectivity index (χ0n) is 13.2. The van der Waals surface area contributed by atoms with Gasteiger partial charge in [0.25, 0.3) is 6.71 Å². The number of hydrogen-bond donors (Lipinski definition) is 0. The molecule has 2 nitrogen and oxygen atoms in total. The highest BCUT2D eigenvalue weighted by Crippen LogP contribution is 2.25. The van der Waals surface area contributed by atoms with Gasteiger partial charge in [0.2, 0.25) is 0 Å². The standard InChI is InChI=1S/C20H13BNOSi/c1-24-18-9-5-3-7-15(18)21-14-6-2-4-8-16(14)23-17-11-10-13(12-22)20(24)19(17)21/h2-11H,1H3. The fourth-order valence-corrected chi connectivity index (χ4v) is 6.60. The largest absolute Gasteiger partial charge is 0.458 e. The molecule has 4 heteroatoms. The molecule has 2 aliphatic heterocycles. The Labute approximate surface area is 143 Å². The van der Waals surface area contributed by atoms with Crippen LogP contribution in [-0.4, -0.2) is 15.5 Å². The van der Waals surface area contributed by atoms with Crippen LogP contribution in [0.5, 0.6) is 11.5 Å². The number of ether oxygens (including phenoxy) is 1. The number of rotatable bonds is 0. The molecule has 111 valence electrons. The first-order valence-corrected chi connectivity index (χ1v) is 10.1. The van der Waals surface area contributed by atoms with E-state index in [0.717, 1.165) is 17.1 Å². The molecule has 2 aliphatic rings. The van der Waals surface area contributed by atoms with Crippen LogP contribution < -0.4 is 31.5 Å². The second-order valence-electron chi connectivity index (χ2n) is 6.30. The van der Waals surface area contributed by atoms with E-state index in [1.165, 1.54) is 26.8 Å². The van der Waals surface area contributed by atoms with Crippen molar-refractivity contribution in [2.75, 3.05) is 0 Å². The Hall–Kier alpha value is -2.77. The third-order valence-corrected chi connectivity index (χ3v) is 7.67. The van der Waals surface area contributed by atoms with Gasteiger partial charge in [0.15, 0.2) is 0 Å². The number of benzene rings is 3. The average molecular weight is 322 g/mol. The summed E-state index contributed by atoms with van der Waals surface area (Å²) in [5.41, 5.74) is 4.58. The van der Waals surface area contributed by atoms with Crippen molar-refractivity contribution in [3.05, 3.63) is 66.2 Å². The lowest BCUT2D eigenvalue weighted by atomic mass is 9.35. The lowest BCUT2D eigenvalue weighted by Crippen LogP contribution is -2.73. The molecule has 1 radical (unpaired) electrons. The summed E-state index contributed by atoms with van der Waals surface area (Å²) in [5.74, 6) is 1.83. The average Bonchev–Trinajstić information content (AvgIpc) is 2.64. The smallest absolute Gasteiger partial charge is 0.250 e. The molecular weight excluding hydrogens is 309 g/mol. The molecule has 0 bridgehead atoms. The van der Waals surface area contributed by atoms with Crippen LogP contribution in [0.3, 0.4) is 0 Å². The molecule has 0 aliphatic carbocycles. The van der Waals surface area contributed by atoms with E-state index in [2.05, 4.69) is 49.0 Å². The first kappa shape index (κ1) is 13.7. The third kappa shape index (κ3) is 1.65. The second kappa shape index (κ2) is 4.86. The molecule has 0 fully saturated rings. The molecule has 0 saturated carbocycles. The van der Waals surface area contributed by atoms with Crippen molar-refractivity contribution >= 4 is 42.3 Å². The summed E-state index contributed by atoms with van der Waals surface area (Å²) in [6.45, 7) is 2.45. The van der Waals surface area contributed by atoms with E-state index in [1.54, 1.807) is 0 Å². The van der Waals surface area contributed by atoms with Crippen molar-refractivity contribution in [1.82, 2.24) is 0 Å². The van der Waals surface area contributed by atoms with Crippen molar-refractivity contribution in [3.63, 3.8) is 0 Å². The fraction of sp³-hybridized carbons (Fsp3) is 0.0500. The van der Waals surface area contributed by atoms with Gasteiger partial charge in [-0.05, 0) is 34.3 Å². The van der Waals surface area contributed by atoms with Crippen molar-refractivity contribution < 1.29 is 4.74 Å². The molecule has 0 N–H and O–H groups in total. The SMILES string of the molecule is C[Si]1c2ccccc2B2c3ccccc3Oc3ccc(C#N)c1c32. The van der Waals surface area contributed by atoms with Crippen molar-refractivity contribution in [2.24, 2.45) is 0 Å². The van der Waals surface area contributed by atoms with Gasteiger partial charge in [0.1, 0.15) is 20.3 Å². The minimum Gasteiger partial charge on any atom is -0.458 e. The number of hydrogen-bond acceptors (Lipinski definition) is 2. The first-order valence-electron chi connectivity index (χ1n) is 8.06. The highest BCUT2D eigenvalue weighted by atomic mass is 28.3. The van der Waals surface area contributed by atoms with Crippen LogP contribution in [-0.2, 0) is 0 Å². The highest BCUT2D eigenvalue weighted by molar-refractivity contribution is 7.08. The maximum absolute atomic E-state index is 9.65. The Morgan fingerprint density at radius 3 is 2.50 bits per heavy atom. The lowest BCUT2D eigenvalue weighted by molar-refractivity contribution is 0.488. The topological polar surface area (TPSA) is 33.0 Å². The van der Waals surface area contributed by atoms with Crippen LogP contribution in [0.15, 0.2) is 60.7 Å². The monoisotopic (exact) mass is 322 g/mol. The molecule has 0 unspecified atom stereocenters. The molecule has 0 aromatic heterocycles. The molecule has 2 heterocycles. The predicted octanol–water partition coefficient (Wildman–Crippen LogP) is 0.732. The summed E-state index contributed by atoms with van der Waals surface area (Å²) < 4.78 is 6.19. The lowest BCUT2D eigenvalue weighted by Gasteiger charge is -2.36. The van der Waals surface area contributed by atoms with Crippen LogP contribution in [0, 0.1) is 11.3 Å². The molecule has 3 aromatic rings. The Kier molecular flexibility index (Phi) is 2.77. The second-order valence-corrected chi connectivity index (χ2v) is 8.59. The third-order valence-electron chi connectivity index (χ3n) is 5.12. The van der Waals surface area contributed by atoms with Gasteiger partial charge >= 0.3 is 0 Å². The maximum atomic E-state index is 9.65. The molecule has 0 amide bonds. The summed E-state index contributed by atoms with van der Waals surface area (Å²) in [5, 5.41) is 12.3. The van der Waals surface area contributed by atoms with Crippen LogP contribution in [0.1, 0.15) is 5.56 Å². The van der Waals surface area contributed by atoms with Gasteiger partial charge in [0.05, 0.1) is 11.6 Å². The summed E-state index contributed by atoms with van der Waals surface area (Å²) in [7, 11) is -0.983. The van der Waals surface area contributed by atoms with E-state index < -0.39 is 8.80 Å². The van der Waals surface area contributed by atoms with E-state index in [9.17, 15) is 5.26 Å². The number of fused-ring (bicyclic) bond motifs is 4. The summed E-state index contributed by atoms with van der Waals surface area (Å²) in [4.78, 5) is 0. The summed E-state index contributed by atoms with van der Waals surface area (Å²) >= 11 is 0. The van der Waals surface area contributed by atoms with Crippen LogP contribution in [0.25, 0.3) is 0 Å². The Balaban J connectivity index is 1.92. The zero-order valence-corrected chi connectivity index (χ0v) is 14.2. The van der Waals surface area contributed by atoms with Gasteiger partial charge < -0.3 is 4.74 Å². The Bertz CT molecular complexity index is 1040. The Morgan fingerprint density at radius 1 is 0.917 bits per heavy atom. The first-order chi connectivity index (χ1) is 11.8. The van der Waals surface area contributed by atoms with E-state index in [0.29, 0.717) is 0 Å². The molecule has 3 aromatic carbocycles. The van der Waals surface area contributed by atoms with Crippen LogP contribution >= 0.6 is 0 Å². The van der Waals surface area contributed by atoms with Crippen molar-refractivity contribution in [2.45, 2.75) is 6.55 Å². The van der Waals surface area contributed by atoms with Crippen LogP contribution in [0.2, 0.25) is 6.55 Å². The zero-order chi connectivity index (χ0) is 16.3. The van der Waals surface area contributed by atoms with E-state index in [-0.39, 0.29) is 6.71 Å².